The lowest BCUT2D eigenvalue weighted by molar-refractivity contribution is -0.326. The van der Waals surface area contributed by atoms with E-state index in [1.165, 1.54) is 6.92 Å². The van der Waals surface area contributed by atoms with Gasteiger partial charge in [0.1, 0.15) is 42.5 Å². The molecule has 0 saturated carbocycles. The Kier molecular flexibility index (Phi) is 13.6. The van der Waals surface area contributed by atoms with Crippen LogP contribution in [0.2, 0.25) is 0 Å². The predicted octanol–water partition coefficient (Wildman–Crippen LogP) is -5.64. The highest BCUT2D eigenvalue weighted by Crippen LogP contribution is 2.33. The molecule has 0 bridgehead atoms. The van der Waals surface area contributed by atoms with Crippen LogP contribution in [0, 0.1) is 0 Å². The third-order valence-electron chi connectivity index (χ3n) is 8.00. The van der Waals surface area contributed by atoms with Gasteiger partial charge in [0.2, 0.25) is 29.5 Å². The van der Waals surface area contributed by atoms with E-state index in [1.54, 1.807) is 0 Å². The summed E-state index contributed by atoms with van der Waals surface area (Å²) < 4.78 is 28.5. The van der Waals surface area contributed by atoms with Crippen LogP contribution in [0.25, 0.3) is 0 Å². The Morgan fingerprint density at radius 2 is 0.880 bits per heavy atom. The maximum atomic E-state index is 12.7. The van der Waals surface area contributed by atoms with Crippen molar-refractivity contribution >= 4 is 41.5 Å². The highest BCUT2D eigenvalue weighted by molar-refractivity contribution is 5.78. The number of aliphatic hydroxyl groups is 3. The normalized spacial score (nSPS) is 38.5. The van der Waals surface area contributed by atoms with Crippen molar-refractivity contribution in [1.82, 2.24) is 26.6 Å². The third kappa shape index (κ3) is 9.60. The first kappa shape index (κ1) is 40.4. The van der Waals surface area contributed by atoms with Crippen molar-refractivity contribution in [3.8, 4) is 0 Å². The molecular formula is C28H43N5O17. The molecule has 5 amide bonds. The lowest BCUT2D eigenvalue weighted by atomic mass is 9.91. The monoisotopic (exact) mass is 721 g/mol. The molecule has 3 rings (SSSR count). The zero-order chi connectivity index (χ0) is 37.8. The van der Waals surface area contributed by atoms with Gasteiger partial charge in [-0.05, 0) is 6.92 Å². The lowest BCUT2D eigenvalue weighted by Gasteiger charge is -2.50. The van der Waals surface area contributed by atoms with Gasteiger partial charge in [0, 0.05) is 34.6 Å². The Morgan fingerprint density at radius 1 is 0.500 bits per heavy atom. The molecule has 282 valence electrons. The second-order valence-electron chi connectivity index (χ2n) is 12.1. The number of hydrogen-bond donors (Lipinski definition) is 10. The first-order chi connectivity index (χ1) is 23.2. The first-order valence-corrected chi connectivity index (χ1v) is 15.4. The van der Waals surface area contributed by atoms with Crippen molar-refractivity contribution in [2.75, 3.05) is 0 Å². The van der Waals surface area contributed by atoms with Crippen LogP contribution < -0.4 is 26.6 Å². The fourth-order valence-electron chi connectivity index (χ4n) is 6.03. The summed E-state index contributed by atoms with van der Waals surface area (Å²) in [6, 6.07) is -7.80. The number of nitrogens with one attached hydrogen (secondary N) is 5. The minimum Gasteiger partial charge on any atom is -0.479 e. The van der Waals surface area contributed by atoms with Crippen LogP contribution in [-0.4, -0.2) is 159 Å². The van der Waals surface area contributed by atoms with E-state index in [9.17, 15) is 59.1 Å². The number of rotatable bonds is 11. The van der Waals surface area contributed by atoms with Crippen LogP contribution in [0.3, 0.4) is 0 Å². The van der Waals surface area contributed by atoms with Gasteiger partial charge in [-0.1, -0.05) is 0 Å². The van der Waals surface area contributed by atoms with E-state index in [2.05, 4.69) is 26.6 Å². The minimum atomic E-state index is -2.16. The second kappa shape index (κ2) is 16.8. The summed E-state index contributed by atoms with van der Waals surface area (Å²) >= 11 is 0. The van der Waals surface area contributed by atoms with E-state index in [-0.39, 0.29) is 0 Å². The zero-order valence-electron chi connectivity index (χ0n) is 27.8. The molecule has 3 aliphatic heterocycles. The molecule has 50 heavy (non-hydrogen) atoms. The molecule has 10 N–H and O–H groups in total. The largest absolute Gasteiger partial charge is 0.479 e. The SMILES string of the molecule is CC(=O)N[C@@H]1[C@H](O[C@H]2[C@@H](O)[C@@H](C)O[C@@H](O)[C@@H]2NC(C)=O)O[C@@H](C(=O)O)[C@@H](O[C@@H]2O[C@H](C(=O)O)[C@@H](O)[C@H](NC(C)=O)[C@@H]2NC(C)=O)[C@@H]1NC(C)=O. The van der Waals surface area contributed by atoms with E-state index >= 15 is 0 Å². The van der Waals surface area contributed by atoms with Crippen molar-refractivity contribution in [2.24, 2.45) is 0 Å². The van der Waals surface area contributed by atoms with Gasteiger partial charge in [0.05, 0.1) is 18.2 Å². The summed E-state index contributed by atoms with van der Waals surface area (Å²) in [7, 11) is 0. The Balaban J connectivity index is 2.13. The summed E-state index contributed by atoms with van der Waals surface area (Å²) in [6.07, 6.45) is -17.9. The van der Waals surface area contributed by atoms with Gasteiger partial charge in [-0.15, -0.1) is 0 Å². The van der Waals surface area contributed by atoms with Gasteiger partial charge in [0.25, 0.3) is 0 Å². The number of ether oxygens (including phenoxy) is 5. The maximum Gasteiger partial charge on any atom is 0.335 e. The van der Waals surface area contributed by atoms with Crippen LogP contribution in [0.15, 0.2) is 0 Å². The first-order valence-electron chi connectivity index (χ1n) is 15.4. The minimum absolute atomic E-state index is 0.674. The average molecular weight is 722 g/mol. The van der Waals surface area contributed by atoms with Crippen LogP contribution in [0.4, 0.5) is 0 Å². The number of aliphatic hydroxyl groups excluding tert-OH is 3. The van der Waals surface area contributed by atoms with Crippen LogP contribution in [0.1, 0.15) is 41.5 Å². The summed E-state index contributed by atoms with van der Waals surface area (Å²) in [5.74, 6) is -7.23. The molecule has 3 aliphatic rings. The second-order valence-corrected chi connectivity index (χ2v) is 12.1. The van der Waals surface area contributed by atoms with Crippen LogP contribution >= 0.6 is 0 Å². The summed E-state index contributed by atoms with van der Waals surface area (Å²) in [5.41, 5.74) is 0. The standard InChI is InChI=1S/C28H43N5O17/c1-7-18(39)20(17(26(45)46-7)33-12(6)38)47-28-16(32-11(5)37)14(30-9(3)35)21(23(50-28)25(43)44)48-27-15(31-10(4)36)13(29-8(2)34)19(40)22(49-27)24(41)42/h7,13-23,26-28,39-40,45H,1-6H3,(H,29,34)(H,30,35)(H,31,36)(H,32,37)(H,33,38)(H,41,42)(H,43,44)/t7-,13-,14-,15+,16+,17-,18+,19+,20-,21+,22+,23-,26-,27-,28-/m1/s1. The molecule has 22 heteroatoms. The van der Waals surface area contributed by atoms with Gasteiger partial charge in [-0.2, -0.15) is 0 Å². The Hall–Kier alpha value is -4.03. The highest BCUT2D eigenvalue weighted by atomic mass is 16.7. The van der Waals surface area contributed by atoms with E-state index in [0.717, 1.165) is 34.6 Å². The topological polar surface area (TPSA) is 327 Å². The van der Waals surface area contributed by atoms with Gasteiger partial charge in [0.15, 0.2) is 31.1 Å². The zero-order valence-corrected chi connectivity index (χ0v) is 27.8. The molecule has 0 spiro atoms. The van der Waals surface area contributed by atoms with Crippen molar-refractivity contribution in [3.05, 3.63) is 0 Å². The number of carboxylic acids is 2. The fraction of sp³-hybridized carbons (Fsp3) is 0.750. The molecule has 3 heterocycles. The highest BCUT2D eigenvalue weighted by Gasteiger charge is 2.57. The molecule has 3 saturated heterocycles. The Labute approximate surface area is 284 Å². The Morgan fingerprint density at radius 3 is 1.34 bits per heavy atom. The summed E-state index contributed by atoms with van der Waals surface area (Å²) in [6.45, 7) is 6.67. The van der Waals surface area contributed by atoms with Gasteiger partial charge < -0.3 is 75.8 Å². The van der Waals surface area contributed by atoms with E-state index < -0.39 is 133 Å². The van der Waals surface area contributed by atoms with E-state index in [0.29, 0.717) is 0 Å². The van der Waals surface area contributed by atoms with E-state index in [1.807, 2.05) is 0 Å². The van der Waals surface area contributed by atoms with Gasteiger partial charge in [-0.3, -0.25) is 24.0 Å². The number of hydrogen-bond acceptors (Lipinski definition) is 15. The number of amides is 5. The summed E-state index contributed by atoms with van der Waals surface area (Å²) in [5, 5.41) is 64.4. The molecule has 15 atom stereocenters. The third-order valence-corrected chi connectivity index (χ3v) is 8.00. The lowest BCUT2D eigenvalue weighted by Crippen LogP contribution is -2.74. The van der Waals surface area contributed by atoms with E-state index in [4.69, 9.17) is 23.7 Å². The summed E-state index contributed by atoms with van der Waals surface area (Å²) in [4.78, 5) is 86.0. The van der Waals surface area contributed by atoms with Crippen molar-refractivity contribution in [2.45, 2.75) is 133 Å². The van der Waals surface area contributed by atoms with Gasteiger partial charge in [-0.25, -0.2) is 9.59 Å². The smallest absolute Gasteiger partial charge is 0.335 e. The molecule has 3 fully saturated rings. The quantitative estimate of drug-likeness (QED) is 0.0950. The molecule has 0 aromatic rings. The fourth-order valence-corrected chi connectivity index (χ4v) is 6.03. The molecule has 0 aromatic heterocycles. The predicted molar refractivity (Wildman–Crippen MR) is 159 cm³/mol. The maximum absolute atomic E-state index is 12.7. The molecule has 0 aromatic carbocycles. The molecule has 22 nitrogen and oxygen atoms in total. The molecular weight excluding hydrogens is 678 g/mol. The number of carbonyl (C=O) groups excluding carboxylic acids is 5. The number of carboxylic acid groups (broad SMARTS) is 2. The van der Waals surface area contributed by atoms with Crippen molar-refractivity contribution < 1.29 is 82.8 Å². The molecule has 0 radical (unpaired) electrons. The van der Waals surface area contributed by atoms with Gasteiger partial charge >= 0.3 is 11.9 Å². The number of carbonyl (C=O) groups is 7. The van der Waals surface area contributed by atoms with Crippen LogP contribution in [-0.2, 0) is 57.2 Å². The number of aliphatic carboxylic acids is 2. The van der Waals surface area contributed by atoms with Crippen LogP contribution in [0.5, 0.6) is 0 Å². The Bertz CT molecular complexity index is 1320. The molecule has 0 aliphatic carbocycles. The van der Waals surface area contributed by atoms with Crippen molar-refractivity contribution in [1.29, 1.82) is 0 Å². The average Bonchev–Trinajstić information content (AvgIpc) is 2.97. The molecule has 0 unspecified atom stereocenters. The van der Waals surface area contributed by atoms with Crippen molar-refractivity contribution in [3.63, 3.8) is 0 Å².